The first-order chi connectivity index (χ1) is 9.11. The smallest absolute Gasteiger partial charge is 0.128 e. The van der Waals surface area contributed by atoms with E-state index in [1.807, 2.05) is 31.2 Å². The molecule has 0 amide bonds. The molecular formula is C15H15BrFNO. The van der Waals surface area contributed by atoms with Gasteiger partial charge in [0, 0.05) is 10.0 Å². The van der Waals surface area contributed by atoms with E-state index in [9.17, 15) is 4.39 Å². The van der Waals surface area contributed by atoms with Crippen LogP contribution in [0, 0.1) is 5.82 Å². The molecule has 0 aromatic heterocycles. The highest BCUT2D eigenvalue weighted by Gasteiger charge is 2.14. The van der Waals surface area contributed by atoms with E-state index in [1.54, 1.807) is 12.1 Å². The van der Waals surface area contributed by atoms with Crippen molar-refractivity contribution < 1.29 is 9.13 Å². The Morgan fingerprint density at radius 3 is 2.79 bits per heavy atom. The largest absolute Gasteiger partial charge is 0.494 e. The second kappa shape index (κ2) is 6.17. The summed E-state index contributed by atoms with van der Waals surface area (Å²) in [6.07, 6.45) is 0. The summed E-state index contributed by atoms with van der Waals surface area (Å²) in [4.78, 5) is 0. The van der Waals surface area contributed by atoms with Crippen molar-refractivity contribution in [2.75, 3.05) is 6.61 Å². The van der Waals surface area contributed by atoms with Crippen LogP contribution in [-0.2, 0) is 0 Å². The van der Waals surface area contributed by atoms with E-state index in [0.29, 0.717) is 12.2 Å². The van der Waals surface area contributed by atoms with Crippen LogP contribution < -0.4 is 10.5 Å². The zero-order valence-corrected chi connectivity index (χ0v) is 12.2. The maximum atomic E-state index is 13.8. The van der Waals surface area contributed by atoms with Crippen LogP contribution >= 0.6 is 15.9 Å². The lowest BCUT2D eigenvalue weighted by Crippen LogP contribution is -2.13. The first kappa shape index (κ1) is 14.0. The summed E-state index contributed by atoms with van der Waals surface area (Å²) in [5, 5.41) is 0. The van der Waals surface area contributed by atoms with E-state index in [4.69, 9.17) is 10.5 Å². The Balaban J connectivity index is 2.35. The fraction of sp³-hybridized carbons (Fsp3) is 0.200. The fourth-order valence-electron chi connectivity index (χ4n) is 1.90. The van der Waals surface area contributed by atoms with Gasteiger partial charge in [0.2, 0.25) is 0 Å². The van der Waals surface area contributed by atoms with Gasteiger partial charge in [0.05, 0.1) is 12.6 Å². The van der Waals surface area contributed by atoms with E-state index in [1.165, 1.54) is 6.07 Å². The van der Waals surface area contributed by atoms with Gasteiger partial charge in [-0.1, -0.05) is 28.1 Å². The van der Waals surface area contributed by atoms with Crippen molar-refractivity contribution >= 4 is 15.9 Å². The van der Waals surface area contributed by atoms with Gasteiger partial charge in [-0.15, -0.1) is 0 Å². The lowest BCUT2D eigenvalue weighted by molar-refractivity contribution is 0.340. The third-order valence-electron chi connectivity index (χ3n) is 2.82. The summed E-state index contributed by atoms with van der Waals surface area (Å²) in [6.45, 7) is 2.50. The third kappa shape index (κ3) is 3.33. The third-order valence-corrected chi connectivity index (χ3v) is 3.31. The lowest BCUT2D eigenvalue weighted by Gasteiger charge is -2.15. The van der Waals surface area contributed by atoms with Crippen molar-refractivity contribution in [2.24, 2.45) is 5.73 Å². The molecule has 1 atom stereocenters. The van der Waals surface area contributed by atoms with Gasteiger partial charge in [0.1, 0.15) is 11.6 Å². The minimum atomic E-state index is -0.516. The maximum Gasteiger partial charge on any atom is 0.128 e. The molecule has 19 heavy (non-hydrogen) atoms. The molecule has 0 saturated carbocycles. The van der Waals surface area contributed by atoms with E-state index in [2.05, 4.69) is 15.9 Å². The molecule has 0 radical (unpaired) electrons. The van der Waals surface area contributed by atoms with Gasteiger partial charge in [-0.05, 0) is 42.8 Å². The summed E-state index contributed by atoms with van der Waals surface area (Å²) >= 11 is 3.33. The summed E-state index contributed by atoms with van der Waals surface area (Å²) in [6, 6.07) is 11.7. The molecule has 0 fully saturated rings. The maximum absolute atomic E-state index is 13.8. The van der Waals surface area contributed by atoms with E-state index >= 15 is 0 Å². The van der Waals surface area contributed by atoms with Gasteiger partial charge in [0.15, 0.2) is 0 Å². The van der Waals surface area contributed by atoms with Crippen LogP contribution in [0.15, 0.2) is 46.9 Å². The molecule has 0 spiro atoms. The number of nitrogens with two attached hydrogens (primary N) is 1. The van der Waals surface area contributed by atoms with Crippen LogP contribution in [0.2, 0.25) is 0 Å². The first-order valence-corrected chi connectivity index (χ1v) is 6.84. The average Bonchev–Trinajstić information content (AvgIpc) is 2.41. The highest BCUT2D eigenvalue weighted by Crippen LogP contribution is 2.27. The van der Waals surface area contributed by atoms with Crippen molar-refractivity contribution in [3.63, 3.8) is 0 Å². The van der Waals surface area contributed by atoms with Crippen molar-refractivity contribution in [1.29, 1.82) is 0 Å². The van der Waals surface area contributed by atoms with Crippen molar-refractivity contribution in [2.45, 2.75) is 13.0 Å². The fourth-order valence-corrected chi connectivity index (χ4v) is 2.28. The van der Waals surface area contributed by atoms with Crippen LogP contribution in [0.5, 0.6) is 5.75 Å². The normalized spacial score (nSPS) is 12.2. The molecule has 0 heterocycles. The molecule has 2 rings (SSSR count). The van der Waals surface area contributed by atoms with E-state index in [-0.39, 0.29) is 5.82 Å². The Morgan fingerprint density at radius 2 is 2.05 bits per heavy atom. The predicted molar refractivity (Wildman–Crippen MR) is 77.7 cm³/mol. The van der Waals surface area contributed by atoms with Gasteiger partial charge in [-0.2, -0.15) is 0 Å². The highest BCUT2D eigenvalue weighted by atomic mass is 79.9. The quantitative estimate of drug-likeness (QED) is 0.921. The molecule has 0 aliphatic heterocycles. The topological polar surface area (TPSA) is 35.2 Å². The number of benzene rings is 2. The molecule has 0 bridgehead atoms. The monoisotopic (exact) mass is 323 g/mol. The zero-order valence-electron chi connectivity index (χ0n) is 10.6. The van der Waals surface area contributed by atoms with Gasteiger partial charge < -0.3 is 10.5 Å². The minimum absolute atomic E-state index is 0.308. The molecule has 2 N–H and O–H groups in total. The average molecular weight is 324 g/mol. The number of hydrogen-bond acceptors (Lipinski definition) is 2. The first-order valence-electron chi connectivity index (χ1n) is 6.05. The molecule has 0 aliphatic rings. The van der Waals surface area contributed by atoms with Crippen molar-refractivity contribution in [1.82, 2.24) is 0 Å². The summed E-state index contributed by atoms with van der Waals surface area (Å²) in [5.41, 5.74) is 7.42. The highest BCUT2D eigenvalue weighted by molar-refractivity contribution is 9.10. The van der Waals surface area contributed by atoms with Gasteiger partial charge in [-0.25, -0.2) is 4.39 Å². The number of rotatable bonds is 4. The Hall–Kier alpha value is -1.39. The molecule has 2 nitrogen and oxygen atoms in total. The Labute approximate surface area is 120 Å². The van der Waals surface area contributed by atoms with Crippen LogP contribution in [-0.4, -0.2) is 6.61 Å². The van der Waals surface area contributed by atoms with Crippen LogP contribution in [0.25, 0.3) is 0 Å². The van der Waals surface area contributed by atoms with Crippen LogP contribution in [0.3, 0.4) is 0 Å². The molecular weight excluding hydrogens is 309 g/mol. The van der Waals surface area contributed by atoms with Crippen molar-refractivity contribution in [3.8, 4) is 5.75 Å². The summed E-state index contributed by atoms with van der Waals surface area (Å²) in [7, 11) is 0. The van der Waals surface area contributed by atoms with E-state index < -0.39 is 6.04 Å². The van der Waals surface area contributed by atoms with Crippen LogP contribution in [0.4, 0.5) is 4.39 Å². The van der Waals surface area contributed by atoms with Gasteiger partial charge >= 0.3 is 0 Å². The second-order valence-electron chi connectivity index (χ2n) is 4.15. The molecule has 100 valence electrons. The second-order valence-corrected chi connectivity index (χ2v) is 5.06. The van der Waals surface area contributed by atoms with Crippen molar-refractivity contribution in [3.05, 3.63) is 63.9 Å². The SMILES string of the molecule is CCOc1cccc(C(N)c2cc(Br)ccc2F)c1. The van der Waals surface area contributed by atoms with Gasteiger partial charge in [0.25, 0.3) is 0 Å². The molecule has 2 aromatic carbocycles. The zero-order chi connectivity index (χ0) is 13.8. The molecule has 2 aromatic rings. The lowest BCUT2D eigenvalue weighted by atomic mass is 9.99. The number of hydrogen-bond donors (Lipinski definition) is 1. The number of ether oxygens (including phenoxy) is 1. The predicted octanol–water partition coefficient (Wildman–Crippen LogP) is 4.04. The Morgan fingerprint density at radius 1 is 1.26 bits per heavy atom. The molecule has 4 heteroatoms. The molecule has 0 aliphatic carbocycles. The Kier molecular flexibility index (Phi) is 4.56. The van der Waals surface area contributed by atoms with Gasteiger partial charge in [-0.3, -0.25) is 0 Å². The standard InChI is InChI=1S/C15H15BrFNO/c1-2-19-12-5-3-4-10(8-12)15(18)13-9-11(16)6-7-14(13)17/h3-9,15H,2,18H2,1H3. The molecule has 0 saturated heterocycles. The number of halogens is 2. The summed E-state index contributed by atoms with van der Waals surface area (Å²) in [5.74, 6) is 0.434. The minimum Gasteiger partial charge on any atom is -0.494 e. The summed E-state index contributed by atoms with van der Waals surface area (Å²) < 4.78 is 20.1. The van der Waals surface area contributed by atoms with E-state index in [0.717, 1.165) is 15.8 Å². The molecule has 1 unspecified atom stereocenters. The Bertz CT molecular complexity index is 574. The van der Waals surface area contributed by atoms with Crippen LogP contribution in [0.1, 0.15) is 24.1 Å².